The number of rotatable bonds is 4. The third-order valence-corrected chi connectivity index (χ3v) is 4.24. The Morgan fingerprint density at radius 3 is 2.77 bits per heavy atom. The summed E-state index contributed by atoms with van der Waals surface area (Å²) in [7, 11) is 0. The van der Waals surface area contributed by atoms with Crippen LogP contribution in [-0.2, 0) is 0 Å². The molecule has 0 aliphatic rings. The Labute approximate surface area is 87.9 Å². The lowest BCUT2D eigenvalue weighted by Gasteiger charge is -2.07. The number of aromatic nitrogens is 1. The summed E-state index contributed by atoms with van der Waals surface area (Å²) in [5.74, 6) is 0. The van der Waals surface area contributed by atoms with Crippen molar-refractivity contribution >= 4 is 28.2 Å². The first kappa shape index (κ1) is 10.9. The van der Waals surface area contributed by atoms with Crippen LogP contribution >= 0.6 is 23.1 Å². The summed E-state index contributed by atoms with van der Waals surface area (Å²) in [6.45, 7) is 6.49. The summed E-state index contributed by atoms with van der Waals surface area (Å²) >= 11 is 3.49. The summed E-state index contributed by atoms with van der Waals surface area (Å²) in [5.41, 5.74) is 6.70. The molecule has 2 N–H and O–H groups in total. The monoisotopic (exact) mass is 216 g/mol. The van der Waals surface area contributed by atoms with Crippen LogP contribution in [0, 0.1) is 6.92 Å². The molecule has 2 nitrogen and oxygen atoms in total. The number of thiazole rings is 1. The van der Waals surface area contributed by atoms with Crippen LogP contribution < -0.4 is 5.73 Å². The highest BCUT2D eigenvalue weighted by Crippen LogP contribution is 2.34. The first-order chi connectivity index (χ1) is 6.13. The zero-order valence-electron chi connectivity index (χ0n) is 8.33. The van der Waals surface area contributed by atoms with Crippen LogP contribution in [0.5, 0.6) is 0 Å². The fourth-order valence-corrected chi connectivity index (χ4v) is 3.60. The van der Waals surface area contributed by atoms with Gasteiger partial charge in [0.25, 0.3) is 0 Å². The lowest BCUT2D eigenvalue weighted by molar-refractivity contribution is 0.787. The van der Waals surface area contributed by atoms with Crippen LogP contribution in [0.25, 0.3) is 0 Å². The van der Waals surface area contributed by atoms with Gasteiger partial charge in [0, 0.05) is 5.25 Å². The molecule has 0 bridgehead atoms. The summed E-state index contributed by atoms with van der Waals surface area (Å²) in [4.78, 5) is 4.20. The molecule has 4 heteroatoms. The van der Waals surface area contributed by atoms with Crippen LogP contribution in [-0.4, -0.2) is 10.2 Å². The van der Waals surface area contributed by atoms with E-state index in [9.17, 15) is 0 Å². The van der Waals surface area contributed by atoms with Crippen LogP contribution in [0.15, 0.2) is 4.21 Å². The first-order valence-corrected chi connectivity index (χ1v) is 6.22. The fourth-order valence-electron chi connectivity index (χ4n) is 1.16. The molecule has 0 amide bonds. The molecular formula is C9H16N2S2. The van der Waals surface area contributed by atoms with Gasteiger partial charge in [-0.05, 0) is 13.3 Å². The molecule has 0 aliphatic heterocycles. The van der Waals surface area contributed by atoms with Crippen molar-refractivity contribution in [1.82, 2.24) is 4.98 Å². The Morgan fingerprint density at radius 1 is 1.62 bits per heavy atom. The lowest BCUT2D eigenvalue weighted by Crippen LogP contribution is -1.93. The highest BCUT2D eigenvalue weighted by Gasteiger charge is 2.09. The van der Waals surface area contributed by atoms with Crippen LogP contribution in [0.3, 0.4) is 0 Å². The van der Waals surface area contributed by atoms with Gasteiger partial charge in [0.1, 0.15) is 0 Å². The van der Waals surface area contributed by atoms with Crippen LogP contribution in [0.1, 0.15) is 32.4 Å². The van der Waals surface area contributed by atoms with Gasteiger partial charge in [-0.1, -0.05) is 31.6 Å². The minimum absolute atomic E-state index is 0.670. The molecular weight excluding hydrogens is 200 g/mol. The number of aryl methyl sites for hydroxylation is 1. The maximum Gasteiger partial charge on any atom is 0.181 e. The Morgan fingerprint density at radius 2 is 2.31 bits per heavy atom. The number of hydrogen-bond donors (Lipinski definition) is 1. The molecule has 0 radical (unpaired) electrons. The Hall–Kier alpha value is -0.220. The maximum atomic E-state index is 5.62. The van der Waals surface area contributed by atoms with Gasteiger partial charge in [0.15, 0.2) is 5.13 Å². The smallest absolute Gasteiger partial charge is 0.181 e. The third kappa shape index (κ3) is 3.19. The van der Waals surface area contributed by atoms with Crippen molar-refractivity contribution in [3.05, 3.63) is 5.69 Å². The normalized spacial score (nSPS) is 13.2. The van der Waals surface area contributed by atoms with E-state index in [2.05, 4.69) is 18.8 Å². The standard InChI is InChI=1S/C9H16N2S2/c1-4-5-6(2)12-8-7(3)11-9(10)13-8/h6H,4-5H2,1-3H3,(H2,10,11). The Kier molecular flexibility index (Phi) is 4.06. The molecule has 1 unspecified atom stereocenters. The molecule has 1 atom stereocenters. The zero-order valence-corrected chi connectivity index (χ0v) is 9.97. The maximum absolute atomic E-state index is 5.62. The molecule has 1 heterocycles. The zero-order chi connectivity index (χ0) is 9.84. The number of hydrogen-bond acceptors (Lipinski definition) is 4. The second-order valence-electron chi connectivity index (χ2n) is 3.14. The predicted octanol–water partition coefficient (Wildman–Crippen LogP) is 3.31. The van der Waals surface area contributed by atoms with Crippen LogP contribution in [0.2, 0.25) is 0 Å². The van der Waals surface area contributed by atoms with Crippen LogP contribution in [0.4, 0.5) is 5.13 Å². The quantitative estimate of drug-likeness (QED) is 0.785. The molecule has 13 heavy (non-hydrogen) atoms. The minimum Gasteiger partial charge on any atom is -0.375 e. The summed E-state index contributed by atoms with van der Waals surface area (Å²) in [6, 6.07) is 0. The fraction of sp³-hybridized carbons (Fsp3) is 0.667. The molecule has 1 aromatic heterocycles. The highest BCUT2D eigenvalue weighted by molar-refractivity contribution is 8.01. The highest BCUT2D eigenvalue weighted by atomic mass is 32.2. The summed E-state index contributed by atoms with van der Waals surface area (Å²) < 4.78 is 1.28. The average Bonchev–Trinajstić information content (AvgIpc) is 2.30. The van der Waals surface area contributed by atoms with Gasteiger partial charge in [0.2, 0.25) is 0 Å². The molecule has 1 aromatic rings. The molecule has 0 saturated heterocycles. The van der Waals surface area contributed by atoms with Gasteiger partial charge in [-0.25, -0.2) is 4.98 Å². The Balaban J connectivity index is 2.57. The number of nitrogen functional groups attached to an aromatic ring is 1. The van der Waals surface area contributed by atoms with E-state index >= 15 is 0 Å². The van der Waals surface area contributed by atoms with E-state index in [-0.39, 0.29) is 0 Å². The first-order valence-electron chi connectivity index (χ1n) is 4.53. The largest absolute Gasteiger partial charge is 0.375 e. The number of anilines is 1. The summed E-state index contributed by atoms with van der Waals surface area (Å²) in [5, 5.41) is 1.35. The molecule has 74 valence electrons. The summed E-state index contributed by atoms with van der Waals surface area (Å²) in [6.07, 6.45) is 2.49. The van der Waals surface area contributed by atoms with Crippen molar-refractivity contribution in [2.75, 3.05) is 5.73 Å². The second-order valence-corrected chi connectivity index (χ2v) is 5.88. The minimum atomic E-state index is 0.670. The van der Waals surface area contributed by atoms with E-state index in [1.54, 1.807) is 11.3 Å². The SMILES string of the molecule is CCCC(C)Sc1sc(N)nc1C. The topological polar surface area (TPSA) is 38.9 Å². The van der Waals surface area contributed by atoms with Crippen molar-refractivity contribution in [2.24, 2.45) is 0 Å². The van der Waals surface area contributed by atoms with Gasteiger partial charge in [-0.2, -0.15) is 0 Å². The predicted molar refractivity (Wildman–Crippen MR) is 61.5 cm³/mol. The molecule has 0 aromatic carbocycles. The van der Waals surface area contributed by atoms with E-state index < -0.39 is 0 Å². The van der Waals surface area contributed by atoms with Gasteiger partial charge >= 0.3 is 0 Å². The molecule has 1 rings (SSSR count). The van der Waals surface area contributed by atoms with Gasteiger partial charge in [0.05, 0.1) is 9.90 Å². The van der Waals surface area contributed by atoms with E-state index in [0.29, 0.717) is 10.4 Å². The third-order valence-electron chi connectivity index (χ3n) is 1.77. The number of nitrogens with zero attached hydrogens (tertiary/aromatic N) is 1. The second kappa shape index (κ2) is 4.86. The van der Waals surface area contributed by atoms with Gasteiger partial charge < -0.3 is 5.73 Å². The van der Waals surface area contributed by atoms with Gasteiger partial charge in [-0.3, -0.25) is 0 Å². The van der Waals surface area contributed by atoms with Crippen molar-refractivity contribution < 1.29 is 0 Å². The van der Waals surface area contributed by atoms with E-state index in [1.165, 1.54) is 17.1 Å². The van der Waals surface area contributed by atoms with E-state index in [4.69, 9.17) is 5.73 Å². The number of nitrogens with two attached hydrogens (primary N) is 1. The van der Waals surface area contributed by atoms with Crippen molar-refractivity contribution in [2.45, 2.75) is 43.1 Å². The molecule has 0 fully saturated rings. The lowest BCUT2D eigenvalue weighted by atomic mass is 10.3. The number of thioether (sulfide) groups is 1. The van der Waals surface area contributed by atoms with Crippen molar-refractivity contribution in [3.8, 4) is 0 Å². The molecule has 0 saturated carbocycles. The Bertz CT molecular complexity index is 271. The van der Waals surface area contributed by atoms with Crippen molar-refractivity contribution in [3.63, 3.8) is 0 Å². The average molecular weight is 216 g/mol. The van der Waals surface area contributed by atoms with E-state index in [1.807, 2.05) is 18.7 Å². The molecule has 0 aliphatic carbocycles. The van der Waals surface area contributed by atoms with E-state index in [0.717, 1.165) is 5.69 Å². The molecule has 0 spiro atoms. The van der Waals surface area contributed by atoms with Crippen molar-refractivity contribution in [1.29, 1.82) is 0 Å². The van der Waals surface area contributed by atoms with Gasteiger partial charge in [-0.15, -0.1) is 11.8 Å².